The van der Waals surface area contributed by atoms with Gasteiger partial charge in [0.15, 0.2) is 5.54 Å². The zero-order valence-corrected chi connectivity index (χ0v) is 27.9. The Morgan fingerprint density at radius 3 is 2.35 bits per heavy atom. The van der Waals surface area contributed by atoms with Gasteiger partial charge in [-0.1, -0.05) is 23.7 Å². The third-order valence-electron chi connectivity index (χ3n) is 9.61. The summed E-state index contributed by atoms with van der Waals surface area (Å²) in [6, 6.07) is 14.0. The summed E-state index contributed by atoms with van der Waals surface area (Å²) in [5.74, 6) is -1.20. The van der Waals surface area contributed by atoms with Crippen molar-refractivity contribution < 1.29 is 27.1 Å². The standard InChI is InChI=1S/C34H38ClFN4O5S/c1-22(38-17-5-6-18-38)23-9-15-27(31(20-23)45-4)34(39-19-7-8-30(39)32(41)37(2)3)28-21-24(35)10-16-29(28)40(33(34)42)46(43,44)26-13-11-25(36)12-14-26/h9-16,20-22,30H,5-8,17-19H2,1-4H3/t22?,30-,34?/m0/s1. The van der Waals surface area contributed by atoms with E-state index in [2.05, 4.69) is 11.8 Å². The lowest BCUT2D eigenvalue weighted by atomic mass is 9.80. The van der Waals surface area contributed by atoms with E-state index in [0.29, 0.717) is 41.3 Å². The molecule has 0 spiro atoms. The summed E-state index contributed by atoms with van der Waals surface area (Å²) in [6.07, 6.45) is 3.33. The van der Waals surface area contributed by atoms with Gasteiger partial charge in [0.1, 0.15) is 11.6 Å². The maximum Gasteiger partial charge on any atom is 0.271 e. The van der Waals surface area contributed by atoms with Crippen molar-refractivity contribution in [3.63, 3.8) is 0 Å². The van der Waals surface area contributed by atoms with Crippen molar-refractivity contribution in [2.24, 2.45) is 0 Å². The molecular weight excluding hydrogens is 631 g/mol. The van der Waals surface area contributed by atoms with E-state index < -0.39 is 33.3 Å². The molecule has 3 aromatic carbocycles. The van der Waals surface area contributed by atoms with E-state index in [4.69, 9.17) is 16.3 Å². The predicted octanol–water partition coefficient (Wildman–Crippen LogP) is 5.18. The van der Waals surface area contributed by atoms with Crippen LogP contribution in [0.3, 0.4) is 0 Å². The van der Waals surface area contributed by atoms with Crippen LogP contribution in [0.15, 0.2) is 65.6 Å². The average Bonchev–Trinajstić information content (AvgIpc) is 3.79. The fourth-order valence-corrected chi connectivity index (χ4v) is 8.95. The number of ether oxygens (including phenoxy) is 1. The Balaban J connectivity index is 1.62. The number of hydrogen-bond acceptors (Lipinski definition) is 7. The zero-order valence-electron chi connectivity index (χ0n) is 26.4. The molecule has 0 saturated carbocycles. The van der Waals surface area contributed by atoms with Crippen molar-refractivity contribution in [1.29, 1.82) is 0 Å². The fraction of sp³-hybridized carbons (Fsp3) is 0.412. The third-order valence-corrected chi connectivity index (χ3v) is 11.6. The lowest BCUT2D eigenvalue weighted by molar-refractivity contribution is -0.138. The summed E-state index contributed by atoms with van der Waals surface area (Å²) in [6.45, 7) is 4.44. The van der Waals surface area contributed by atoms with E-state index >= 15 is 4.79 Å². The molecule has 0 aromatic heterocycles. The second-order valence-electron chi connectivity index (χ2n) is 12.4. The molecule has 2 amide bonds. The van der Waals surface area contributed by atoms with Gasteiger partial charge in [-0.15, -0.1) is 0 Å². The second-order valence-corrected chi connectivity index (χ2v) is 14.6. The van der Waals surface area contributed by atoms with Gasteiger partial charge in [0.05, 0.1) is 23.7 Å². The Bertz CT molecular complexity index is 1780. The first-order valence-corrected chi connectivity index (χ1v) is 17.3. The number of rotatable bonds is 8. The van der Waals surface area contributed by atoms with Gasteiger partial charge >= 0.3 is 0 Å². The molecule has 9 nitrogen and oxygen atoms in total. The number of nitrogens with zero attached hydrogens (tertiary/aromatic N) is 4. The predicted molar refractivity (Wildman–Crippen MR) is 174 cm³/mol. The number of anilines is 1. The molecule has 3 aliphatic heterocycles. The van der Waals surface area contributed by atoms with Crippen LogP contribution in [-0.2, 0) is 25.2 Å². The first-order chi connectivity index (χ1) is 21.9. The van der Waals surface area contributed by atoms with Crippen molar-refractivity contribution in [2.45, 2.75) is 55.1 Å². The first-order valence-electron chi connectivity index (χ1n) is 15.5. The minimum atomic E-state index is -4.54. The van der Waals surface area contributed by atoms with Crippen LogP contribution in [-0.4, -0.2) is 81.8 Å². The summed E-state index contributed by atoms with van der Waals surface area (Å²) >= 11 is 6.60. The fourth-order valence-electron chi connectivity index (χ4n) is 7.32. The quantitative estimate of drug-likeness (QED) is 0.327. The summed E-state index contributed by atoms with van der Waals surface area (Å²) < 4.78 is 49.3. The molecule has 46 heavy (non-hydrogen) atoms. The van der Waals surface area contributed by atoms with Crippen LogP contribution in [0.4, 0.5) is 10.1 Å². The van der Waals surface area contributed by atoms with Crippen molar-refractivity contribution in [1.82, 2.24) is 14.7 Å². The maximum absolute atomic E-state index is 15.3. The van der Waals surface area contributed by atoms with E-state index in [1.165, 1.54) is 24.1 Å². The van der Waals surface area contributed by atoms with Crippen LogP contribution < -0.4 is 9.04 Å². The van der Waals surface area contributed by atoms with Gasteiger partial charge in [0, 0.05) is 42.8 Å². The minimum Gasteiger partial charge on any atom is -0.496 e. The van der Waals surface area contributed by atoms with Crippen LogP contribution in [0.5, 0.6) is 5.75 Å². The van der Waals surface area contributed by atoms with Gasteiger partial charge in [-0.2, -0.15) is 0 Å². The number of carbonyl (C=O) groups excluding carboxylic acids is 2. The molecule has 2 saturated heterocycles. The number of fused-ring (bicyclic) bond motifs is 1. The normalized spacial score (nSPS) is 22.7. The monoisotopic (exact) mass is 668 g/mol. The highest BCUT2D eigenvalue weighted by atomic mass is 35.5. The maximum atomic E-state index is 15.3. The van der Waals surface area contributed by atoms with E-state index in [9.17, 15) is 17.6 Å². The molecule has 6 rings (SSSR count). The lowest BCUT2D eigenvalue weighted by Gasteiger charge is -2.42. The molecule has 3 aliphatic rings. The molecule has 12 heteroatoms. The lowest BCUT2D eigenvalue weighted by Crippen LogP contribution is -2.59. The third kappa shape index (κ3) is 5.08. The Morgan fingerprint density at radius 1 is 1.00 bits per heavy atom. The summed E-state index contributed by atoms with van der Waals surface area (Å²) in [4.78, 5) is 34.4. The average molecular weight is 669 g/mol. The number of hydrogen-bond donors (Lipinski definition) is 0. The highest BCUT2D eigenvalue weighted by Crippen LogP contribution is 2.55. The number of carbonyl (C=O) groups is 2. The van der Waals surface area contributed by atoms with Crippen LogP contribution in [0.1, 0.15) is 55.3 Å². The van der Waals surface area contributed by atoms with Crippen molar-refractivity contribution in [3.8, 4) is 5.75 Å². The molecule has 0 aliphatic carbocycles. The van der Waals surface area contributed by atoms with Crippen molar-refractivity contribution in [3.05, 3.63) is 88.2 Å². The summed E-state index contributed by atoms with van der Waals surface area (Å²) in [7, 11) is 0.301. The Morgan fingerprint density at radius 2 is 1.70 bits per heavy atom. The summed E-state index contributed by atoms with van der Waals surface area (Å²) in [5, 5.41) is 0.296. The van der Waals surface area contributed by atoms with Crippen LogP contribution in [0.2, 0.25) is 5.02 Å². The topological polar surface area (TPSA) is 90.5 Å². The Labute approximate surface area is 274 Å². The summed E-state index contributed by atoms with van der Waals surface area (Å²) in [5.41, 5.74) is 0.0516. The van der Waals surface area contributed by atoms with E-state index in [1.807, 2.05) is 23.1 Å². The van der Waals surface area contributed by atoms with E-state index in [1.54, 1.807) is 20.2 Å². The molecule has 0 radical (unpaired) electrons. The second kappa shape index (κ2) is 12.3. The zero-order chi connectivity index (χ0) is 33.0. The van der Waals surface area contributed by atoms with E-state index in [-0.39, 0.29) is 22.5 Å². The van der Waals surface area contributed by atoms with Crippen LogP contribution in [0.25, 0.3) is 0 Å². The number of sulfonamides is 1. The van der Waals surface area contributed by atoms with Gasteiger partial charge in [0.2, 0.25) is 5.91 Å². The molecule has 2 fully saturated rings. The minimum absolute atomic E-state index is 0.0904. The van der Waals surface area contributed by atoms with Crippen molar-refractivity contribution in [2.75, 3.05) is 45.1 Å². The highest BCUT2D eigenvalue weighted by molar-refractivity contribution is 7.93. The van der Waals surface area contributed by atoms with Crippen LogP contribution >= 0.6 is 11.6 Å². The number of likely N-dealkylation sites (N-methyl/N-ethyl adjacent to an activating group) is 1. The highest BCUT2D eigenvalue weighted by Gasteiger charge is 2.63. The smallest absolute Gasteiger partial charge is 0.271 e. The van der Waals surface area contributed by atoms with Gasteiger partial charge in [-0.25, -0.2) is 17.1 Å². The number of benzene rings is 3. The first kappa shape index (κ1) is 32.4. The molecule has 0 N–H and O–H groups in total. The van der Waals surface area contributed by atoms with E-state index in [0.717, 1.165) is 60.1 Å². The van der Waals surface area contributed by atoms with Gasteiger partial charge in [0.25, 0.3) is 15.9 Å². The van der Waals surface area contributed by atoms with Crippen LogP contribution in [0, 0.1) is 5.82 Å². The molecule has 3 heterocycles. The van der Waals surface area contributed by atoms with Gasteiger partial charge in [-0.3, -0.25) is 19.4 Å². The Kier molecular flexibility index (Phi) is 8.64. The van der Waals surface area contributed by atoms with Gasteiger partial charge < -0.3 is 9.64 Å². The largest absolute Gasteiger partial charge is 0.496 e. The SMILES string of the molecule is COc1cc(C(C)N2CCCC2)ccc1C1(N2CCC[C@H]2C(=O)N(C)C)C(=O)N(S(=O)(=O)c2ccc(F)cc2)c2ccc(Cl)cc21. The van der Waals surface area contributed by atoms with Crippen molar-refractivity contribution >= 4 is 39.1 Å². The molecule has 3 atom stereocenters. The number of methoxy groups -OCH3 is 1. The number of amides is 2. The number of likely N-dealkylation sites (tertiary alicyclic amines) is 2. The van der Waals surface area contributed by atoms with Gasteiger partial charge in [-0.05, 0) is 99.8 Å². The molecule has 0 bridgehead atoms. The molecule has 2 unspecified atom stereocenters. The molecular formula is C34H38ClFN4O5S. The Hall–Kier alpha value is -3.51. The number of halogens is 2. The molecule has 244 valence electrons. The molecule has 3 aromatic rings.